The first-order valence-electron chi connectivity index (χ1n) is 6.02. The normalized spacial score (nSPS) is 12.5. The third-order valence-corrected chi connectivity index (χ3v) is 3.90. The third-order valence-electron chi connectivity index (χ3n) is 2.62. The van der Waals surface area contributed by atoms with E-state index in [0.29, 0.717) is 13.0 Å². The Morgan fingerprint density at radius 2 is 2.24 bits per heavy atom. The van der Waals surface area contributed by atoms with E-state index in [-0.39, 0.29) is 12.0 Å². The van der Waals surface area contributed by atoms with Gasteiger partial charge < -0.3 is 10.5 Å². The first kappa shape index (κ1) is 14.2. The number of carbonyl (C=O) groups is 1. The van der Waals surface area contributed by atoms with Crippen molar-refractivity contribution < 1.29 is 9.53 Å². The second-order valence-corrected chi connectivity index (χ2v) is 5.50. The number of carbonyl (C=O) groups excluding carboxylic acids is 1. The maximum absolute atomic E-state index is 11.2. The van der Waals surface area contributed by atoms with Crippen LogP contribution in [0.2, 0.25) is 0 Å². The lowest BCUT2D eigenvalue weighted by molar-refractivity contribution is -0.143. The molecule has 96 valence electrons. The van der Waals surface area contributed by atoms with Crippen LogP contribution in [0, 0.1) is 13.8 Å². The maximum Gasteiger partial charge on any atom is 0.305 e. The number of nitrogens with two attached hydrogens (primary N) is 1. The molecule has 0 bridgehead atoms. The van der Waals surface area contributed by atoms with Crippen molar-refractivity contribution in [2.24, 2.45) is 5.73 Å². The van der Waals surface area contributed by atoms with Gasteiger partial charge >= 0.3 is 5.97 Å². The molecule has 0 amide bonds. The van der Waals surface area contributed by atoms with Gasteiger partial charge in [0.25, 0.3) is 0 Å². The molecule has 0 radical (unpaired) electrons. The van der Waals surface area contributed by atoms with Crippen molar-refractivity contribution in [1.29, 1.82) is 0 Å². The van der Waals surface area contributed by atoms with Crippen LogP contribution in [0.1, 0.15) is 47.5 Å². The van der Waals surface area contributed by atoms with E-state index >= 15 is 0 Å². The van der Waals surface area contributed by atoms with Crippen molar-refractivity contribution in [3.05, 3.63) is 21.4 Å². The summed E-state index contributed by atoms with van der Waals surface area (Å²) in [5.74, 6) is -0.126. The zero-order valence-electron chi connectivity index (χ0n) is 10.8. The molecular weight excluding hydrogens is 234 g/mol. The van der Waals surface area contributed by atoms with Gasteiger partial charge in [0.1, 0.15) is 0 Å². The van der Waals surface area contributed by atoms with Crippen LogP contribution in [-0.2, 0) is 9.53 Å². The first-order chi connectivity index (χ1) is 8.04. The molecule has 0 aliphatic carbocycles. The van der Waals surface area contributed by atoms with E-state index in [1.807, 2.05) is 6.92 Å². The smallest absolute Gasteiger partial charge is 0.305 e. The van der Waals surface area contributed by atoms with Crippen LogP contribution < -0.4 is 5.73 Å². The molecule has 2 N–H and O–H groups in total. The Balaban J connectivity index is 2.37. The Bertz CT molecular complexity index is 373. The number of esters is 1. The largest absolute Gasteiger partial charge is 0.466 e. The Morgan fingerprint density at radius 1 is 1.53 bits per heavy atom. The molecule has 0 aromatic carbocycles. The summed E-state index contributed by atoms with van der Waals surface area (Å²) in [6.45, 7) is 6.45. The van der Waals surface area contributed by atoms with E-state index in [1.165, 1.54) is 15.3 Å². The van der Waals surface area contributed by atoms with Gasteiger partial charge in [-0.1, -0.05) is 0 Å². The fourth-order valence-corrected chi connectivity index (χ4v) is 2.93. The van der Waals surface area contributed by atoms with Gasteiger partial charge in [0.15, 0.2) is 0 Å². The van der Waals surface area contributed by atoms with Crippen LogP contribution in [-0.4, -0.2) is 12.6 Å². The molecule has 3 nitrogen and oxygen atoms in total. The van der Waals surface area contributed by atoms with Gasteiger partial charge in [0, 0.05) is 22.2 Å². The van der Waals surface area contributed by atoms with Crippen molar-refractivity contribution in [2.45, 2.75) is 46.1 Å². The second kappa shape index (κ2) is 6.77. The standard InChI is InChI=1S/C13H21NO2S/c1-4-16-12(15)7-5-6-11(14)13-9(2)8-10(3)17-13/h8,11H,4-7,14H2,1-3H3. The maximum atomic E-state index is 11.2. The van der Waals surface area contributed by atoms with Gasteiger partial charge in [-0.15, -0.1) is 11.3 Å². The van der Waals surface area contributed by atoms with Gasteiger partial charge in [-0.25, -0.2) is 0 Å². The molecule has 0 saturated heterocycles. The summed E-state index contributed by atoms with van der Waals surface area (Å²) in [6.07, 6.45) is 2.08. The summed E-state index contributed by atoms with van der Waals surface area (Å²) in [4.78, 5) is 13.7. The van der Waals surface area contributed by atoms with Crippen LogP contribution >= 0.6 is 11.3 Å². The molecule has 1 aromatic rings. The lowest BCUT2D eigenvalue weighted by Crippen LogP contribution is -2.11. The lowest BCUT2D eigenvalue weighted by Gasteiger charge is -2.10. The summed E-state index contributed by atoms with van der Waals surface area (Å²) in [5.41, 5.74) is 7.39. The number of hydrogen-bond acceptors (Lipinski definition) is 4. The second-order valence-electron chi connectivity index (χ2n) is 4.21. The van der Waals surface area contributed by atoms with Gasteiger partial charge in [-0.3, -0.25) is 4.79 Å². The predicted octanol–water partition coefficient (Wildman–Crippen LogP) is 3.10. The Kier molecular flexibility index (Phi) is 5.65. The summed E-state index contributed by atoms with van der Waals surface area (Å²) < 4.78 is 4.88. The van der Waals surface area contributed by atoms with E-state index in [4.69, 9.17) is 10.5 Å². The third kappa shape index (κ3) is 4.48. The van der Waals surface area contributed by atoms with E-state index in [1.54, 1.807) is 11.3 Å². The van der Waals surface area contributed by atoms with Crippen molar-refractivity contribution in [2.75, 3.05) is 6.61 Å². The molecule has 1 aromatic heterocycles. The van der Waals surface area contributed by atoms with E-state index in [2.05, 4.69) is 19.9 Å². The van der Waals surface area contributed by atoms with Crippen LogP contribution in [0.25, 0.3) is 0 Å². The van der Waals surface area contributed by atoms with Crippen LogP contribution in [0.3, 0.4) is 0 Å². The SMILES string of the molecule is CCOC(=O)CCCC(N)c1sc(C)cc1C. The minimum absolute atomic E-state index is 0.0446. The first-order valence-corrected chi connectivity index (χ1v) is 6.84. The predicted molar refractivity (Wildman–Crippen MR) is 71.2 cm³/mol. The molecule has 17 heavy (non-hydrogen) atoms. The van der Waals surface area contributed by atoms with Crippen molar-refractivity contribution in [1.82, 2.24) is 0 Å². The summed E-state index contributed by atoms with van der Waals surface area (Å²) in [6, 6.07) is 2.20. The molecular formula is C13H21NO2S. The Morgan fingerprint density at radius 3 is 2.76 bits per heavy atom. The molecule has 1 rings (SSSR count). The average Bonchev–Trinajstić information content (AvgIpc) is 2.58. The minimum Gasteiger partial charge on any atom is -0.466 e. The average molecular weight is 255 g/mol. The molecule has 0 aliphatic heterocycles. The molecule has 1 heterocycles. The number of hydrogen-bond donors (Lipinski definition) is 1. The Hall–Kier alpha value is -0.870. The highest BCUT2D eigenvalue weighted by Gasteiger charge is 2.12. The zero-order valence-corrected chi connectivity index (χ0v) is 11.6. The number of ether oxygens (including phenoxy) is 1. The van der Waals surface area contributed by atoms with E-state index < -0.39 is 0 Å². The zero-order chi connectivity index (χ0) is 12.8. The quantitative estimate of drug-likeness (QED) is 0.795. The van der Waals surface area contributed by atoms with Crippen LogP contribution in [0.5, 0.6) is 0 Å². The fourth-order valence-electron chi connectivity index (χ4n) is 1.86. The molecule has 1 atom stereocenters. The molecule has 0 aliphatic rings. The lowest BCUT2D eigenvalue weighted by atomic mass is 10.1. The highest BCUT2D eigenvalue weighted by atomic mass is 32.1. The van der Waals surface area contributed by atoms with E-state index in [0.717, 1.165) is 12.8 Å². The number of aryl methyl sites for hydroxylation is 2. The van der Waals surface area contributed by atoms with Gasteiger partial charge in [0.05, 0.1) is 6.61 Å². The molecule has 0 spiro atoms. The van der Waals surface area contributed by atoms with Crippen LogP contribution in [0.4, 0.5) is 0 Å². The Labute approximate surface area is 107 Å². The van der Waals surface area contributed by atoms with E-state index in [9.17, 15) is 4.79 Å². The van der Waals surface area contributed by atoms with Gasteiger partial charge in [-0.05, 0) is 45.2 Å². The molecule has 0 fully saturated rings. The van der Waals surface area contributed by atoms with Crippen molar-refractivity contribution in [3.8, 4) is 0 Å². The van der Waals surface area contributed by atoms with Gasteiger partial charge in [-0.2, -0.15) is 0 Å². The summed E-state index contributed by atoms with van der Waals surface area (Å²) >= 11 is 1.75. The summed E-state index contributed by atoms with van der Waals surface area (Å²) in [7, 11) is 0. The van der Waals surface area contributed by atoms with Crippen molar-refractivity contribution >= 4 is 17.3 Å². The van der Waals surface area contributed by atoms with Crippen LogP contribution in [0.15, 0.2) is 6.07 Å². The number of rotatable bonds is 6. The van der Waals surface area contributed by atoms with Crippen molar-refractivity contribution in [3.63, 3.8) is 0 Å². The summed E-state index contributed by atoms with van der Waals surface area (Å²) in [5, 5.41) is 0. The highest BCUT2D eigenvalue weighted by molar-refractivity contribution is 7.12. The molecule has 4 heteroatoms. The number of thiophene rings is 1. The molecule has 1 unspecified atom stereocenters. The monoisotopic (exact) mass is 255 g/mol. The van der Waals surface area contributed by atoms with Gasteiger partial charge in [0.2, 0.25) is 0 Å². The molecule has 0 saturated carbocycles. The minimum atomic E-state index is -0.126. The topological polar surface area (TPSA) is 52.3 Å². The highest BCUT2D eigenvalue weighted by Crippen LogP contribution is 2.28. The fraction of sp³-hybridized carbons (Fsp3) is 0.615.